The first-order valence-electron chi connectivity index (χ1n) is 5.47. The Kier molecular flexibility index (Phi) is 3.96. The van der Waals surface area contributed by atoms with Crippen LogP contribution < -0.4 is 0 Å². The second-order valence-electron chi connectivity index (χ2n) is 3.92. The van der Waals surface area contributed by atoms with Crippen LogP contribution in [0.1, 0.15) is 17.0 Å². The zero-order valence-electron chi connectivity index (χ0n) is 10.2. The van der Waals surface area contributed by atoms with E-state index in [2.05, 4.69) is 10.3 Å². The maximum Gasteiger partial charge on any atom is 0.114 e. The molecule has 1 N–H and O–H groups in total. The van der Waals surface area contributed by atoms with Crippen molar-refractivity contribution >= 4 is 11.6 Å². The largest absolute Gasteiger partial charge is 0.390 e. The number of hydrogen-bond donors (Lipinski definition) is 1. The Balaban J connectivity index is 2.52. The molecule has 0 amide bonds. The maximum atomic E-state index is 9.23. The summed E-state index contributed by atoms with van der Waals surface area (Å²) in [5.74, 6) is 0. The molecule has 0 spiro atoms. The van der Waals surface area contributed by atoms with Gasteiger partial charge >= 0.3 is 0 Å². The molecule has 5 nitrogen and oxygen atoms in total. The Labute approximate surface area is 110 Å². The van der Waals surface area contributed by atoms with Crippen molar-refractivity contribution in [2.45, 2.75) is 20.1 Å². The fraction of sp³-hybridized carbons (Fsp3) is 0.333. The number of aromatic nitrogens is 3. The normalized spacial score (nSPS) is 10.9. The molecule has 0 bridgehead atoms. The quantitative estimate of drug-likeness (QED) is 0.919. The highest BCUT2D eigenvalue weighted by atomic mass is 35.5. The van der Waals surface area contributed by atoms with Gasteiger partial charge in [0, 0.05) is 12.1 Å². The zero-order valence-corrected chi connectivity index (χ0v) is 11.0. The number of hydrogen-bond acceptors (Lipinski definition) is 4. The van der Waals surface area contributed by atoms with Crippen molar-refractivity contribution in [1.29, 1.82) is 0 Å². The molecule has 0 atom stereocenters. The summed E-state index contributed by atoms with van der Waals surface area (Å²) in [6.07, 6.45) is 0. The predicted molar refractivity (Wildman–Crippen MR) is 67.7 cm³/mol. The Hall–Kier alpha value is -1.43. The smallest absolute Gasteiger partial charge is 0.114 e. The van der Waals surface area contributed by atoms with Gasteiger partial charge in [0.1, 0.15) is 5.69 Å². The van der Waals surface area contributed by atoms with E-state index in [1.165, 1.54) is 0 Å². The summed E-state index contributed by atoms with van der Waals surface area (Å²) in [6, 6.07) is 5.52. The van der Waals surface area contributed by atoms with Crippen LogP contribution in [0, 0.1) is 6.92 Å². The summed E-state index contributed by atoms with van der Waals surface area (Å²) in [5.41, 5.74) is 3.12. The lowest BCUT2D eigenvalue weighted by Crippen LogP contribution is -2.06. The minimum atomic E-state index is -0.161. The van der Waals surface area contributed by atoms with E-state index in [0.29, 0.717) is 17.3 Å². The van der Waals surface area contributed by atoms with Crippen LogP contribution in [0.3, 0.4) is 0 Å². The van der Waals surface area contributed by atoms with E-state index in [0.717, 1.165) is 16.9 Å². The zero-order chi connectivity index (χ0) is 13.1. The first-order valence-corrected chi connectivity index (χ1v) is 5.85. The van der Waals surface area contributed by atoms with Crippen LogP contribution in [0.5, 0.6) is 0 Å². The van der Waals surface area contributed by atoms with Gasteiger partial charge in [-0.2, -0.15) is 0 Å². The van der Waals surface area contributed by atoms with Crippen molar-refractivity contribution in [2.24, 2.45) is 0 Å². The molecule has 0 aliphatic heterocycles. The molecule has 18 heavy (non-hydrogen) atoms. The molecule has 0 saturated carbocycles. The Morgan fingerprint density at radius 3 is 2.83 bits per heavy atom. The van der Waals surface area contributed by atoms with E-state index in [-0.39, 0.29) is 6.61 Å². The van der Waals surface area contributed by atoms with Crippen LogP contribution in [0.15, 0.2) is 18.2 Å². The van der Waals surface area contributed by atoms with Gasteiger partial charge in [0.2, 0.25) is 0 Å². The summed E-state index contributed by atoms with van der Waals surface area (Å²) in [7, 11) is 1.59. The van der Waals surface area contributed by atoms with E-state index in [4.69, 9.17) is 16.3 Å². The lowest BCUT2D eigenvalue weighted by Gasteiger charge is -2.09. The van der Waals surface area contributed by atoms with Crippen molar-refractivity contribution in [2.75, 3.05) is 7.11 Å². The number of ether oxygens (including phenoxy) is 1. The third kappa shape index (κ3) is 2.38. The summed E-state index contributed by atoms with van der Waals surface area (Å²) in [5, 5.41) is 17.9. The van der Waals surface area contributed by atoms with Gasteiger partial charge in [-0.15, -0.1) is 5.10 Å². The first kappa shape index (κ1) is 13.0. The summed E-state index contributed by atoms with van der Waals surface area (Å²) >= 11 is 5.93. The van der Waals surface area contributed by atoms with Crippen molar-refractivity contribution in [3.63, 3.8) is 0 Å². The van der Waals surface area contributed by atoms with Gasteiger partial charge in [-0.25, -0.2) is 4.68 Å². The van der Waals surface area contributed by atoms with Gasteiger partial charge in [0.05, 0.1) is 24.6 Å². The number of aryl methyl sites for hydroxylation is 1. The van der Waals surface area contributed by atoms with Gasteiger partial charge in [-0.05, 0) is 30.7 Å². The van der Waals surface area contributed by atoms with Crippen molar-refractivity contribution in [3.05, 3.63) is 40.2 Å². The highest BCUT2D eigenvalue weighted by Gasteiger charge is 2.14. The SMILES string of the molecule is COCc1c(CO)nnn1-c1ccc(Cl)cc1C. The number of halogens is 1. The second-order valence-corrected chi connectivity index (χ2v) is 4.35. The lowest BCUT2D eigenvalue weighted by molar-refractivity contribution is 0.175. The average molecular weight is 268 g/mol. The highest BCUT2D eigenvalue weighted by Crippen LogP contribution is 2.21. The average Bonchev–Trinajstić information content (AvgIpc) is 2.73. The van der Waals surface area contributed by atoms with E-state index in [9.17, 15) is 5.11 Å². The number of nitrogens with zero attached hydrogens (tertiary/aromatic N) is 3. The monoisotopic (exact) mass is 267 g/mol. The van der Waals surface area contributed by atoms with E-state index in [1.807, 2.05) is 19.1 Å². The second kappa shape index (κ2) is 5.48. The van der Waals surface area contributed by atoms with E-state index < -0.39 is 0 Å². The molecule has 0 aliphatic rings. The predicted octanol–water partition coefficient (Wildman–Crippen LogP) is 1.87. The van der Waals surface area contributed by atoms with E-state index in [1.54, 1.807) is 17.9 Å². The van der Waals surface area contributed by atoms with Gasteiger partial charge < -0.3 is 9.84 Å². The summed E-state index contributed by atoms with van der Waals surface area (Å²) in [4.78, 5) is 0. The number of benzene rings is 1. The molecule has 2 aromatic rings. The number of aliphatic hydroxyl groups is 1. The lowest BCUT2D eigenvalue weighted by atomic mass is 10.2. The molecule has 0 unspecified atom stereocenters. The fourth-order valence-corrected chi connectivity index (χ4v) is 2.01. The van der Waals surface area contributed by atoms with Crippen molar-refractivity contribution in [1.82, 2.24) is 15.0 Å². The van der Waals surface area contributed by atoms with Crippen molar-refractivity contribution < 1.29 is 9.84 Å². The molecule has 2 rings (SSSR count). The molecule has 6 heteroatoms. The van der Waals surface area contributed by atoms with Crippen LogP contribution in [-0.2, 0) is 18.0 Å². The third-order valence-corrected chi connectivity index (χ3v) is 2.90. The highest BCUT2D eigenvalue weighted by molar-refractivity contribution is 6.30. The van der Waals surface area contributed by atoms with Gasteiger partial charge in [0.15, 0.2) is 0 Å². The summed E-state index contributed by atoms with van der Waals surface area (Å²) < 4.78 is 6.78. The van der Waals surface area contributed by atoms with Crippen LogP contribution >= 0.6 is 11.6 Å². The summed E-state index contributed by atoms with van der Waals surface area (Å²) in [6.45, 7) is 2.12. The van der Waals surface area contributed by atoms with Crippen LogP contribution in [0.2, 0.25) is 5.02 Å². The van der Waals surface area contributed by atoms with E-state index >= 15 is 0 Å². The maximum absolute atomic E-state index is 9.23. The van der Waals surface area contributed by atoms with Crippen LogP contribution in [0.4, 0.5) is 0 Å². The van der Waals surface area contributed by atoms with Crippen molar-refractivity contribution in [3.8, 4) is 5.69 Å². The molecule has 0 radical (unpaired) electrons. The molecule has 0 fully saturated rings. The van der Waals surface area contributed by atoms with Crippen LogP contribution in [0.25, 0.3) is 5.69 Å². The molecule has 1 aromatic carbocycles. The van der Waals surface area contributed by atoms with Gasteiger partial charge in [-0.1, -0.05) is 16.8 Å². The third-order valence-electron chi connectivity index (χ3n) is 2.66. The standard InChI is InChI=1S/C12H14ClN3O2/c1-8-5-9(13)3-4-11(8)16-12(7-18-2)10(6-17)14-15-16/h3-5,17H,6-7H2,1-2H3. The minimum absolute atomic E-state index is 0.161. The number of rotatable bonds is 4. The number of methoxy groups -OCH3 is 1. The molecule has 96 valence electrons. The van der Waals surface area contributed by atoms with Gasteiger partial charge in [0.25, 0.3) is 0 Å². The molecule has 0 aliphatic carbocycles. The number of aliphatic hydroxyl groups excluding tert-OH is 1. The van der Waals surface area contributed by atoms with Gasteiger partial charge in [-0.3, -0.25) is 0 Å². The minimum Gasteiger partial charge on any atom is -0.390 e. The first-order chi connectivity index (χ1) is 8.67. The Morgan fingerprint density at radius 1 is 1.44 bits per heavy atom. The van der Waals surface area contributed by atoms with Crippen LogP contribution in [-0.4, -0.2) is 27.2 Å². The molecular weight excluding hydrogens is 254 g/mol. The molecule has 1 heterocycles. The Morgan fingerprint density at radius 2 is 2.22 bits per heavy atom. The topological polar surface area (TPSA) is 60.2 Å². The molecule has 1 aromatic heterocycles. The molecular formula is C12H14ClN3O2. The Bertz CT molecular complexity index is 554. The fourth-order valence-electron chi connectivity index (χ4n) is 1.79. The molecule has 0 saturated heterocycles.